The molecule has 3 aliphatic heterocycles. The van der Waals surface area contributed by atoms with E-state index in [2.05, 4.69) is 52.5 Å². The van der Waals surface area contributed by atoms with Gasteiger partial charge in [0, 0.05) is 46.5 Å². The number of thioether (sulfide) groups is 1. The van der Waals surface area contributed by atoms with E-state index in [1.165, 1.54) is 23.0 Å². The number of likely N-dealkylation sites (tertiary alicyclic amines) is 1. The van der Waals surface area contributed by atoms with Gasteiger partial charge in [-0.3, -0.25) is 4.79 Å². The number of nitrogens with zero attached hydrogens (tertiary/aromatic N) is 6. The third-order valence-corrected chi connectivity index (χ3v) is 10.2. The number of amides is 1. The van der Waals surface area contributed by atoms with Gasteiger partial charge in [-0.15, -0.1) is 11.8 Å². The van der Waals surface area contributed by atoms with Crippen LogP contribution in [0, 0.1) is 6.57 Å². The first-order chi connectivity index (χ1) is 20.5. The van der Waals surface area contributed by atoms with Crippen molar-refractivity contribution in [1.82, 2.24) is 19.8 Å². The number of hydrogen-bond donors (Lipinski definition) is 0. The summed E-state index contributed by atoms with van der Waals surface area (Å²) in [6.45, 7) is 14.4. The van der Waals surface area contributed by atoms with Crippen molar-refractivity contribution in [2.75, 3.05) is 57.0 Å². The van der Waals surface area contributed by atoms with Gasteiger partial charge in [0.1, 0.15) is 18.5 Å². The van der Waals surface area contributed by atoms with E-state index in [0.29, 0.717) is 49.1 Å². The van der Waals surface area contributed by atoms with Gasteiger partial charge in [0.05, 0.1) is 5.52 Å². The lowest BCUT2D eigenvalue weighted by Gasteiger charge is -2.39. The van der Waals surface area contributed by atoms with Crippen molar-refractivity contribution in [3.63, 3.8) is 0 Å². The number of benzene rings is 2. The molecule has 0 saturated carbocycles. The minimum atomic E-state index is -0.272. The summed E-state index contributed by atoms with van der Waals surface area (Å²) in [5.74, 6) is 1.66. The lowest BCUT2D eigenvalue weighted by molar-refractivity contribution is -0.128. The lowest BCUT2D eigenvalue weighted by atomic mass is 9.99. The molecule has 3 aliphatic rings. The second kappa shape index (κ2) is 12.5. The van der Waals surface area contributed by atoms with Crippen LogP contribution < -0.4 is 9.64 Å². The molecule has 8 nitrogen and oxygen atoms in total. The molecule has 4 heterocycles. The van der Waals surface area contributed by atoms with E-state index in [4.69, 9.17) is 32.9 Å². The first-order valence-electron chi connectivity index (χ1n) is 14.6. The van der Waals surface area contributed by atoms with E-state index in [0.717, 1.165) is 53.6 Å². The Bertz CT molecular complexity index is 1560. The second-order valence-corrected chi connectivity index (χ2v) is 12.7. The molecular weight excluding hydrogens is 568 g/mol. The molecule has 0 unspecified atom stereocenters. The number of piperazine rings is 1. The van der Waals surface area contributed by atoms with Crippen molar-refractivity contribution >= 4 is 46.0 Å². The summed E-state index contributed by atoms with van der Waals surface area (Å²) in [5.41, 5.74) is 4.21. The second-order valence-electron chi connectivity index (χ2n) is 11.2. The molecule has 1 amide bonds. The van der Waals surface area contributed by atoms with E-state index < -0.39 is 0 Å². The highest BCUT2D eigenvalue weighted by Crippen LogP contribution is 2.43. The molecule has 42 heavy (non-hydrogen) atoms. The number of carbonyl (C=O) groups is 1. The Morgan fingerprint density at radius 1 is 1.21 bits per heavy atom. The molecule has 2 atom stereocenters. The molecule has 0 aliphatic carbocycles. The Morgan fingerprint density at radius 3 is 2.88 bits per heavy atom. The fraction of sp³-hybridized carbons (Fsp3) is 0.438. The predicted octanol–water partition coefficient (Wildman–Crippen LogP) is 5.58. The molecule has 218 valence electrons. The zero-order chi connectivity index (χ0) is 29.2. The van der Waals surface area contributed by atoms with E-state index >= 15 is 0 Å². The van der Waals surface area contributed by atoms with Gasteiger partial charge >= 0.3 is 6.01 Å². The summed E-state index contributed by atoms with van der Waals surface area (Å²) < 4.78 is 6.26. The van der Waals surface area contributed by atoms with Crippen LogP contribution in [0.3, 0.4) is 0 Å². The summed E-state index contributed by atoms with van der Waals surface area (Å²) in [7, 11) is 2.13. The van der Waals surface area contributed by atoms with Crippen molar-refractivity contribution in [3.8, 4) is 17.1 Å². The fourth-order valence-corrected chi connectivity index (χ4v) is 7.75. The number of hydrogen-bond acceptors (Lipinski definition) is 7. The number of aryl methyl sites for hydroxylation is 1. The van der Waals surface area contributed by atoms with Gasteiger partial charge < -0.3 is 24.3 Å². The largest absolute Gasteiger partial charge is 0.462 e. The molecule has 2 aromatic carbocycles. The maximum Gasteiger partial charge on any atom is 0.319 e. The highest BCUT2D eigenvalue weighted by Gasteiger charge is 2.33. The van der Waals surface area contributed by atoms with Crippen molar-refractivity contribution < 1.29 is 9.53 Å². The number of rotatable bonds is 7. The highest BCUT2D eigenvalue weighted by molar-refractivity contribution is 7.99. The fourth-order valence-electron chi connectivity index (χ4n) is 6.30. The zero-order valence-corrected chi connectivity index (χ0v) is 25.5. The summed E-state index contributed by atoms with van der Waals surface area (Å²) in [6.07, 6.45) is 5.82. The number of carbonyl (C=O) groups excluding carboxylic acids is 1. The number of aromatic nitrogens is 2. The van der Waals surface area contributed by atoms with Gasteiger partial charge in [0.25, 0.3) is 0 Å². The number of halogens is 1. The Balaban J connectivity index is 1.42. The predicted molar refractivity (Wildman–Crippen MR) is 170 cm³/mol. The molecule has 2 saturated heterocycles. The summed E-state index contributed by atoms with van der Waals surface area (Å²) in [5, 5.41) is 1.47. The van der Waals surface area contributed by atoms with Crippen molar-refractivity contribution in [2.45, 2.75) is 42.7 Å². The molecule has 2 fully saturated rings. The molecule has 3 aromatic rings. The van der Waals surface area contributed by atoms with E-state index in [1.807, 2.05) is 17.8 Å². The molecular formula is C32H35ClN6O2S. The van der Waals surface area contributed by atoms with E-state index in [1.54, 1.807) is 4.90 Å². The van der Waals surface area contributed by atoms with Crippen molar-refractivity contribution in [1.29, 1.82) is 0 Å². The lowest BCUT2D eigenvalue weighted by Crippen LogP contribution is -2.56. The van der Waals surface area contributed by atoms with E-state index in [9.17, 15) is 4.79 Å². The first-order valence-corrected chi connectivity index (χ1v) is 15.9. The first kappa shape index (κ1) is 28.8. The molecule has 0 bridgehead atoms. The van der Waals surface area contributed by atoms with Crippen LogP contribution in [0.1, 0.15) is 24.8 Å². The number of anilines is 1. The zero-order valence-electron chi connectivity index (χ0n) is 23.9. The maximum atomic E-state index is 12.5. The standard InChI is InChI=1S/C32H35ClN6O2S/c1-4-29(40)39-14-13-38(19-23(39)18-34-2)31-26-16-27(33)25(24-11-5-8-21-9-7-15-42-30(21)24)17-28(26)35-32(36-31)41-20-22-10-6-12-37(22)3/h4-5,8,11,16-17,22-23H,1,6-7,9-10,12-15,18-20H2,3H3/t22-,23-/m0/s1. The number of ether oxygens (including phenoxy) is 1. The maximum absolute atomic E-state index is 12.5. The van der Waals surface area contributed by atoms with Crippen LogP contribution in [0.5, 0.6) is 6.01 Å². The van der Waals surface area contributed by atoms with Gasteiger partial charge in [-0.25, -0.2) is 6.57 Å². The Morgan fingerprint density at radius 2 is 2.10 bits per heavy atom. The SMILES string of the molecule is [C-]#[N+]C[C@H]1CN(c2nc(OC[C@@H]3CCCN3C)nc3cc(-c4cccc5c4SCCC5)c(Cl)cc23)CCN1C(=O)C=C. The van der Waals surface area contributed by atoms with E-state index in [-0.39, 0.29) is 18.5 Å². The van der Waals surface area contributed by atoms with Gasteiger partial charge in [-0.1, -0.05) is 36.4 Å². The van der Waals surface area contributed by atoms with Gasteiger partial charge in [0.15, 0.2) is 0 Å². The quantitative estimate of drug-likeness (QED) is 0.258. The summed E-state index contributed by atoms with van der Waals surface area (Å²) in [6, 6.07) is 10.9. The van der Waals surface area contributed by atoms with Gasteiger partial charge in [-0.05, 0) is 74.4 Å². The Kier molecular flexibility index (Phi) is 8.57. The van der Waals surface area contributed by atoms with Crippen molar-refractivity contribution in [3.05, 3.63) is 65.0 Å². The minimum absolute atomic E-state index is 0.155. The van der Waals surface area contributed by atoms with Crippen LogP contribution in [-0.4, -0.2) is 89.9 Å². The third-order valence-electron chi connectivity index (χ3n) is 8.59. The van der Waals surface area contributed by atoms with Crippen LogP contribution >= 0.6 is 23.4 Å². The Labute approximate surface area is 256 Å². The Hall–Kier alpha value is -3.32. The van der Waals surface area contributed by atoms with Crippen molar-refractivity contribution in [2.24, 2.45) is 0 Å². The van der Waals surface area contributed by atoms with Crippen LogP contribution in [-0.2, 0) is 11.2 Å². The molecule has 10 heteroatoms. The molecule has 0 spiro atoms. The van der Waals surface area contributed by atoms with Crippen LogP contribution in [0.2, 0.25) is 5.02 Å². The monoisotopic (exact) mass is 602 g/mol. The normalized spacial score (nSPS) is 20.8. The molecule has 0 N–H and O–H groups in total. The third kappa shape index (κ3) is 5.68. The van der Waals surface area contributed by atoms with Gasteiger partial charge in [0.2, 0.25) is 12.5 Å². The minimum Gasteiger partial charge on any atom is -0.462 e. The summed E-state index contributed by atoms with van der Waals surface area (Å²) >= 11 is 8.92. The topological polar surface area (TPSA) is 66.2 Å². The average molecular weight is 603 g/mol. The highest BCUT2D eigenvalue weighted by atomic mass is 35.5. The molecule has 6 rings (SSSR count). The molecule has 1 aromatic heterocycles. The van der Waals surface area contributed by atoms with Crippen LogP contribution in [0.15, 0.2) is 47.9 Å². The molecule has 0 radical (unpaired) electrons. The number of fused-ring (bicyclic) bond motifs is 2. The smallest absolute Gasteiger partial charge is 0.319 e. The van der Waals surface area contributed by atoms with Crippen LogP contribution in [0.4, 0.5) is 5.82 Å². The van der Waals surface area contributed by atoms with Crippen LogP contribution in [0.25, 0.3) is 26.9 Å². The van der Waals surface area contributed by atoms with Gasteiger partial charge in [-0.2, -0.15) is 9.97 Å². The average Bonchev–Trinajstić information content (AvgIpc) is 3.43. The number of likely N-dealkylation sites (N-methyl/N-ethyl adjacent to an activating group) is 1. The summed E-state index contributed by atoms with van der Waals surface area (Å²) in [4.78, 5) is 33.5.